The molecule has 0 saturated heterocycles. The Balaban J connectivity index is 1.53. The van der Waals surface area contributed by atoms with Gasteiger partial charge >= 0.3 is 0 Å². The van der Waals surface area contributed by atoms with Crippen LogP contribution in [-0.2, 0) is 12.8 Å². The Morgan fingerprint density at radius 3 is 2.76 bits per heavy atom. The van der Waals surface area contributed by atoms with Crippen molar-refractivity contribution in [3.8, 4) is 11.4 Å². The molecule has 0 spiro atoms. The molecule has 8 nitrogen and oxygen atoms in total. The molecule has 1 atom stereocenters. The number of amidine groups is 1. The highest BCUT2D eigenvalue weighted by atomic mass is 16.3. The molecule has 4 aromatic rings. The first kappa shape index (κ1) is 21.9. The molecule has 0 saturated carbocycles. The van der Waals surface area contributed by atoms with E-state index in [2.05, 4.69) is 38.6 Å². The molecule has 0 fully saturated rings. The van der Waals surface area contributed by atoms with Crippen LogP contribution in [0.3, 0.4) is 0 Å². The van der Waals surface area contributed by atoms with Crippen molar-refractivity contribution in [3.05, 3.63) is 81.8 Å². The van der Waals surface area contributed by atoms with E-state index in [0.717, 1.165) is 53.1 Å². The zero-order chi connectivity index (χ0) is 23.5. The van der Waals surface area contributed by atoms with Crippen molar-refractivity contribution in [2.24, 2.45) is 4.99 Å². The van der Waals surface area contributed by atoms with Crippen molar-refractivity contribution in [1.82, 2.24) is 20.3 Å². The Bertz CT molecular complexity index is 1390. The minimum Gasteiger partial charge on any atom is -0.394 e. The van der Waals surface area contributed by atoms with E-state index in [1.165, 1.54) is 0 Å². The van der Waals surface area contributed by atoms with Crippen LogP contribution in [0.4, 0.5) is 5.69 Å². The molecular formula is C26H28N6O2. The quantitative estimate of drug-likeness (QED) is 0.279. The standard InChI is InChI=1S/C26H28N6O2/c1-2-17-13-18(24-27-10-11-28-24)14-21-23(17)32-25(31-21)22-20(8-9-29-26(22)34)30-19(15-33)12-16-6-4-3-5-7-16/h3-9,13-14,19,33H,2,10-12,15H2,1H3,(H,27,28)(H,31,32)(H2,29,30,34)/t19-/m0/s1. The molecule has 0 amide bonds. The van der Waals surface area contributed by atoms with E-state index in [9.17, 15) is 9.90 Å². The number of hydrogen-bond donors (Lipinski definition) is 5. The van der Waals surface area contributed by atoms with Gasteiger partial charge in [-0.3, -0.25) is 9.79 Å². The minimum absolute atomic E-state index is 0.0697. The Labute approximate surface area is 197 Å². The SMILES string of the molecule is CCc1cc(C2=NCCN2)cc2[nH]c(-c3c(N[C@H](CO)Cc4ccccc4)cc[nH]c3=O)nc12. The number of aryl methyl sites for hydroxylation is 1. The Kier molecular flexibility index (Phi) is 6.14. The molecule has 3 heterocycles. The summed E-state index contributed by atoms with van der Waals surface area (Å²) in [5.74, 6) is 1.38. The third kappa shape index (κ3) is 4.32. The van der Waals surface area contributed by atoms with Gasteiger partial charge in [0.1, 0.15) is 17.2 Å². The van der Waals surface area contributed by atoms with Gasteiger partial charge in [0.2, 0.25) is 0 Å². The molecule has 5 rings (SSSR count). The second kappa shape index (κ2) is 9.52. The highest BCUT2D eigenvalue weighted by Crippen LogP contribution is 2.28. The van der Waals surface area contributed by atoms with Crippen molar-refractivity contribution in [2.75, 3.05) is 25.0 Å². The summed E-state index contributed by atoms with van der Waals surface area (Å²) < 4.78 is 0. The number of nitrogens with one attached hydrogen (secondary N) is 4. The number of imidazole rings is 1. The summed E-state index contributed by atoms with van der Waals surface area (Å²) in [5, 5.41) is 16.7. The van der Waals surface area contributed by atoms with Crippen molar-refractivity contribution < 1.29 is 5.11 Å². The number of aliphatic hydroxyl groups is 1. The highest BCUT2D eigenvalue weighted by Gasteiger charge is 2.19. The summed E-state index contributed by atoms with van der Waals surface area (Å²) in [4.78, 5) is 28.4. The number of anilines is 1. The van der Waals surface area contributed by atoms with E-state index >= 15 is 0 Å². The minimum atomic E-state index is -0.253. The number of hydrogen-bond acceptors (Lipinski definition) is 6. The van der Waals surface area contributed by atoms with Gasteiger partial charge < -0.3 is 25.7 Å². The number of rotatable bonds is 8. The van der Waals surface area contributed by atoms with Gasteiger partial charge in [0.05, 0.1) is 35.9 Å². The first-order valence-corrected chi connectivity index (χ1v) is 11.6. The molecule has 1 aliphatic rings. The zero-order valence-electron chi connectivity index (χ0n) is 19.1. The van der Waals surface area contributed by atoms with E-state index in [-0.39, 0.29) is 18.2 Å². The van der Waals surface area contributed by atoms with Gasteiger partial charge in [-0.15, -0.1) is 0 Å². The van der Waals surface area contributed by atoms with Gasteiger partial charge in [0, 0.05) is 18.3 Å². The summed E-state index contributed by atoms with van der Waals surface area (Å²) in [6.45, 7) is 3.63. The van der Waals surface area contributed by atoms with E-state index < -0.39 is 0 Å². The summed E-state index contributed by atoms with van der Waals surface area (Å²) in [6.07, 6.45) is 3.04. The van der Waals surface area contributed by atoms with E-state index in [4.69, 9.17) is 4.98 Å². The lowest BCUT2D eigenvalue weighted by Crippen LogP contribution is -2.28. The second-order valence-corrected chi connectivity index (χ2v) is 8.44. The molecule has 1 aliphatic heterocycles. The molecule has 2 aromatic carbocycles. The topological polar surface area (TPSA) is 118 Å². The van der Waals surface area contributed by atoms with Crippen molar-refractivity contribution >= 4 is 22.6 Å². The summed E-state index contributed by atoms with van der Waals surface area (Å²) in [5.41, 5.74) is 5.71. The molecule has 174 valence electrons. The van der Waals surface area contributed by atoms with Crippen molar-refractivity contribution in [2.45, 2.75) is 25.8 Å². The maximum atomic E-state index is 12.9. The third-order valence-electron chi connectivity index (χ3n) is 6.10. The van der Waals surface area contributed by atoms with Crippen molar-refractivity contribution in [1.29, 1.82) is 0 Å². The molecule has 0 unspecified atom stereocenters. The molecule has 0 bridgehead atoms. The van der Waals surface area contributed by atoms with Crippen molar-refractivity contribution in [3.63, 3.8) is 0 Å². The van der Waals surface area contributed by atoms with Gasteiger partial charge in [0.15, 0.2) is 0 Å². The molecule has 8 heteroatoms. The zero-order valence-corrected chi connectivity index (χ0v) is 19.1. The lowest BCUT2D eigenvalue weighted by molar-refractivity contribution is 0.274. The average Bonchev–Trinajstić information content (AvgIpc) is 3.54. The first-order valence-electron chi connectivity index (χ1n) is 11.6. The van der Waals surface area contributed by atoms with Crippen LogP contribution in [0, 0.1) is 0 Å². The van der Waals surface area contributed by atoms with E-state index in [0.29, 0.717) is 23.5 Å². The predicted molar refractivity (Wildman–Crippen MR) is 136 cm³/mol. The molecular weight excluding hydrogens is 428 g/mol. The van der Waals surface area contributed by atoms with Gasteiger partial charge in [-0.2, -0.15) is 0 Å². The Morgan fingerprint density at radius 2 is 2.03 bits per heavy atom. The fourth-order valence-electron chi connectivity index (χ4n) is 4.42. The molecule has 34 heavy (non-hydrogen) atoms. The van der Waals surface area contributed by atoms with Crippen LogP contribution in [0.1, 0.15) is 23.6 Å². The second-order valence-electron chi connectivity index (χ2n) is 8.44. The van der Waals surface area contributed by atoms with Crippen LogP contribution in [0.25, 0.3) is 22.4 Å². The van der Waals surface area contributed by atoms with Gasteiger partial charge in [-0.05, 0) is 42.2 Å². The molecule has 5 N–H and O–H groups in total. The summed E-state index contributed by atoms with van der Waals surface area (Å²) in [7, 11) is 0. The number of aliphatic hydroxyl groups excluding tert-OH is 1. The summed E-state index contributed by atoms with van der Waals surface area (Å²) in [6, 6.07) is 15.7. The predicted octanol–water partition coefficient (Wildman–Crippen LogP) is 2.85. The number of pyridine rings is 1. The first-order chi connectivity index (χ1) is 16.7. The number of aromatic nitrogens is 3. The normalized spacial score (nSPS) is 14.1. The number of aliphatic imine (C=N–C) groups is 1. The largest absolute Gasteiger partial charge is 0.394 e. The molecule has 0 aliphatic carbocycles. The lowest BCUT2D eigenvalue weighted by atomic mass is 10.1. The van der Waals surface area contributed by atoms with Crippen LogP contribution >= 0.6 is 0 Å². The Morgan fingerprint density at radius 1 is 1.18 bits per heavy atom. The maximum absolute atomic E-state index is 12.9. The van der Waals surface area contributed by atoms with Crippen LogP contribution in [0.2, 0.25) is 0 Å². The summed E-state index contributed by atoms with van der Waals surface area (Å²) >= 11 is 0. The van der Waals surface area contributed by atoms with Crippen LogP contribution in [-0.4, -0.2) is 51.6 Å². The maximum Gasteiger partial charge on any atom is 0.261 e. The average molecular weight is 457 g/mol. The van der Waals surface area contributed by atoms with Gasteiger partial charge in [-0.1, -0.05) is 37.3 Å². The lowest BCUT2D eigenvalue weighted by Gasteiger charge is -2.19. The van der Waals surface area contributed by atoms with Gasteiger partial charge in [-0.25, -0.2) is 4.98 Å². The van der Waals surface area contributed by atoms with Crippen LogP contribution in [0.15, 0.2) is 64.5 Å². The monoisotopic (exact) mass is 456 g/mol. The number of nitrogens with zero attached hydrogens (tertiary/aromatic N) is 2. The number of aromatic amines is 2. The van der Waals surface area contributed by atoms with E-state index in [1.807, 2.05) is 36.4 Å². The number of H-pyrrole nitrogens is 2. The fraction of sp³-hybridized carbons (Fsp3) is 0.269. The number of benzene rings is 2. The van der Waals surface area contributed by atoms with Gasteiger partial charge in [0.25, 0.3) is 5.56 Å². The third-order valence-corrected chi connectivity index (χ3v) is 6.10. The molecule has 2 aromatic heterocycles. The highest BCUT2D eigenvalue weighted by molar-refractivity contribution is 6.03. The smallest absolute Gasteiger partial charge is 0.261 e. The molecule has 0 radical (unpaired) electrons. The Hall–Kier alpha value is -3.91. The fourth-order valence-corrected chi connectivity index (χ4v) is 4.42. The van der Waals surface area contributed by atoms with E-state index in [1.54, 1.807) is 12.3 Å². The van der Waals surface area contributed by atoms with Crippen LogP contribution in [0.5, 0.6) is 0 Å². The van der Waals surface area contributed by atoms with Crippen LogP contribution < -0.4 is 16.2 Å². The number of fused-ring (bicyclic) bond motifs is 1.